The summed E-state index contributed by atoms with van der Waals surface area (Å²) in [5.74, 6) is -0.375. The van der Waals surface area contributed by atoms with Crippen LogP contribution in [0.2, 0.25) is 0 Å². The van der Waals surface area contributed by atoms with Crippen LogP contribution >= 0.6 is 0 Å². The molecule has 1 N–H and O–H groups in total. The molecule has 6 nitrogen and oxygen atoms in total. The zero-order valence-corrected chi connectivity index (χ0v) is 12.4. The Labute approximate surface area is 114 Å². The van der Waals surface area contributed by atoms with Crippen LogP contribution < -0.4 is 5.32 Å². The smallest absolute Gasteiger partial charge is 0.407 e. The average Bonchev–Trinajstić information content (AvgIpc) is 2.26. The van der Waals surface area contributed by atoms with Gasteiger partial charge in [-0.05, 0) is 27.8 Å². The number of hydrogen-bond acceptors (Lipinski definition) is 5. The normalized spacial score (nSPS) is 11.7. The quantitative estimate of drug-likeness (QED) is 0.581. The molecule has 6 heteroatoms. The van der Waals surface area contributed by atoms with Crippen molar-refractivity contribution in [1.82, 2.24) is 10.2 Å². The van der Waals surface area contributed by atoms with Crippen molar-refractivity contribution in [3.63, 3.8) is 0 Å². The Morgan fingerprint density at radius 1 is 1.32 bits per heavy atom. The standard InChI is InChI=1S/C13H24N2O4/c1-13(2,3)19-12(17)14-8-10-15(4)9-6-7-11(16)18-5/h6-7H,8-10H2,1-5H3,(H,14,17)/b7-6+. The van der Waals surface area contributed by atoms with Crippen molar-refractivity contribution in [2.75, 3.05) is 33.8 Å². The van der Waals surface area contributed by atoms with E-state index in [4.69, 9.17) is 4.74 Å². The van der Waals surface area contributed by atoms with Gasteiger partial charge in [0.2, 0.25) is 0 Å². The number of nitrogens with zero attached hydrogens (tertiary/aromatic N) is 1. The second-order valence-corrected chi connectivity index (χ2v) is 5.12. The summed E-state index contributed by atoms with van der Waals surface area (Å²) in [4.78, 5) is 24.1. The molecule has 0 spiro atoms. The molecule has 110 valence electrons. The van der Waals surface area contributed by atoms with Crippen LogP contribution in [0.5, 0.6) is 0 Å². The summed E-state index contributed by atoms with van der Waals surface area (Å²) in [7, 11) is 3.22. The van der Waals surface area contributed by atoms with E-state index in [0.29, 0.717) is 19.6 Å². The second-order valence-electron chi connectivity index (χ2n) is 5.12. The second kappa shape index (κ2) is 8.53. The van der Waals surface area contributed by atoms with Gasteiger partial charge in [-0.15, -0.1) is 0 Å². The highest BCUT2D eigenvalue weighted by molar-refractivity contribution is 5.81. The van der Waals surface area contributed by atoms with Crippen molar-refractivity contribution in [2.24, 2.45) is 0 Å². The number of amides is 1. The molecule has 1 amide bonds. The zero-order valence-electron chi connectivity index (χ0n) is 12.4. The Hall–Kier alpha value is -1.56. The summed E-state index contributed by atoms with van der Waals surface area (Å²) in [5.41, 5.74) is -0.487. The van der Waals surface area contributed by atoms with Crippen LogP contribution in [-0.4, -0.2) is 56.4 Å². The molecule has 0 atom stereocenters. The van der Waals surface area contributed by atoms with Crippen LogP contribution in [0.4, 0.5) is 4.79 Å². The number of nitrogens with one attached hydrogen (secondary N) is 1. The molecule has 0 rings (SSSR count). The van der Waals surface area contributed by atoms with E-state index in [2.05, 4.69) is 10.1 Å². The molecule has 0 aromatic heterocycles. The van der Waals surface area contributed by atoms with E-state index in [1.807, 2.05) is 32.7 Å². The molecule has 0 aliphatic rings. The Morgan fingerprint density at radius 3 is 2.47 bits per heavy atom. The van der Waals surface area contributed by atoms with E-state index in [0.717, 1.165) is 0 Å². The predicted octanol–water partition coefficient (Wildman–Crippen LogP) is 1.17. The lowest BCUT2D eigenvalue weighted by Crippen LogP contribution is -2.37. The third kappa shape index (κ3) is 11.3. The highest BCUT2D eigenvalue weighted by atomic mass is 16.6. The van der Waals surface area contributed by atoms with Gasteiger partial charge in [-0.1, -0.05) is 6.08 Å². The van der Waals surface area contributed by atoms with Crippen LogP contribution in [0.15, 0.2) is 12.2 Å². The third-order valence-corrected chi connectivity index (χ3v) is 2.03. The minimum atomic E-state index is -0.487. The monoisotopic (exact) mass is 272 g/mol. The van der Waals surface area contributed by atoms with E-state index in [-0.39, 0.29) is 5.97 Å². The molecule has 0 bridgehead atoms. The number of esters is 1. The van der Waals surface area contributed by atoms with E-state index < -0.39 is 11.7 Å². The molecule has 0 saturated carbocycles. The van der Waals surface area contributed by atoms with Gasteiger partial charge in [-0.3, -0.25) is 0 Å². The number of ether oxygens (including phenoxy) is 2. The largest absolute Gasteiger partial charge is 0.466 e. The molecule has 0 aromatic carbocycles. The molecular weight excluding hydrogens is 248 g/mol. The fourth-order valence-electron chi connectivity index (χ4n) is 1.15. The van der Waals surface area contributed by atoms with Crippen molar-refractivity contribution in [3.05, 3.63) is 12.2 Å². The first-order valence-electron chi connectivity index (χ1n) is 6.14. The van der Waals surface area contributed by atoms with Crippen LogP contribution in [0, 0.1) is 0 Å². The maximum absolute atomic E-state index is 11.4. The number of hydrogen-bond donors (Lipinski definition) is 1. The van der Waals surface area contributed by atoms with Crippen molar-refractivity contribution < 1.29 is 19.1 Å². The minimum absolute atomic E-state index is 0.375. The van der Waals surface area contributed by atoms with E-state index in [1.165, 1.54) is 13.2 Å². The molecule has 0 fully saturated rings. The number of alkyl carbamates (subject to hydrolysis) is 1. The minimum Gasteiger partial charge on any atom is -0.466 e. The average molecular weight is 272 g/mol. The zero-order chi connectivity index (χ0) is 14.9. The van der Waals surface area contributed by atoms with Gasteiger partial charge in [0.05, 0.1) is 7.11 Å². The number of likely N-dealkylation sites (N-methyl/N-ethyl adjacent to an activating group) is 1. The van der Waals surface area contributed by atoms with Crippen LogP contribution in [0.3, 0.4) is 0 Å². The molecular formula is C13H24N2O4. The first kappa shape index (κ1) is 17.4. The topological polar surface area (TPSA) is 67.9 Å². The van der Waals surface area contributed by atoms with Crippen molar-refractivity contribution in [3.8, 4) is 0 Å². The summed E-state index contributed by atoms with van der Waals surface area (Å²) in [6.07, 6.45) is 2.66. The Balaban J connectivity index is 3.74. The van der Waals surface area contributed by atoms with E-state index in [1.54, 1.807) is 6.08 Å². The Morgan fingerprint density at radius 2 is 1.95 bits per heavy atom. The van der Waals surface area contributed by atoms with Gasteiger partial charge >= 0.3 is 12.1 Å². The fourth-order valence-corrected chi connectivity index (χ4v) is 1.15. The van der Waals surface area contributed by atoms with Gasteiger partial charge in [0.15, 0.2) is 0 Å². The van der Waals surface area contributed by atoms with Crippen LogP contribution in [0.25, 0.3) is 0 Å². The van der Waals surface area contributed by atoms with Gasteiger partial charge in [-0.2, -0.15) is 0 Å². The number of carbonyl (C=O) groups excluding carboxylic acids is 2. The van der Waals surface area contributed by atoms with Gasteiger partial charge in [-0.25, -0.2) is 9.59 Å². The summed E-state index contributed by atoms with van der Waals surface area (Å²) in [6, 6.07) is 0. The maximum atomic E-state index is 11.4. The maximum Gasteiger partial charge on any atom is 0.407 e. The number of methoxy groups -OCH3 is 1. The molecule has 0 heterocycles. The molecule has 0 aliphatic carbocycles. The number of carbonyl (C=O) groups is 2. The van der Waals surface area contributed by atoms with Crippen LogP contribution in [-0.2, 0) is 14.3 Å². The van der Waals surface area contributed by atoms with Crippen molar-refractivity contribution in [1.29, 1.82) is 0 Å². The number of rotatable bonds is 6. The molecule has 0 saturated heterocycles. The molecule has 0 aliphatic heterocycles. The van der Waals surface area contributed by atoms with E-state index in [9.17, 15) is 9.59 Å². The Kier molecular flexibility index (Phi) is 7.83. The summed E-state index contributed by atoms with van der Waals surface area (Å²) in [5, 5.41) is 2.66. The lowest BCUT2D eigenvalue weighted by Gasteiger charge is -2.20. The summed E-state index contributed by atoms with van der Waals surface area (Å²) < 4.78 is 9.58. The first-order valence-corrected chi connectivity index (χ1v) is 6.14. The van der Waals surface area contributed by atoms with Gasteiger partial charge in [0, 0.05) is 25.7 Å². The summed E-state index contributed by atoms with van der Waals surface area (Å²) >= 11 is 0. The Bertz CT molecular complexity index is 321. The van der Waals surface area contributed by atoms with Crippen molar-refractivity contribution in [2.45, 2.75) is 26.4 Å². The van der Waals surface area contributed by atoms with Crippen molar-refractivity contribution >= 4 is 12.1 Å². The lowest BCUT2D eigenvalue weighted by atomic mass is 10.2. The highest BCUT2D eigenvalue weighted by Crippen LogP contribution is 2.06. The molecule has 0 radical (unpaired) electrons. The SMILES string of the molecule is COC(=O)/C=C/CN(C)CCNC(=O)OC(C)(C)C. The molecule has 0 aromatic rings. The molecule has 19 heavy (non-hydrogen) atoms. The lowest BCUT2D eigenvalue weighted by molar-refractivity contribution is -0.134. The van der Waals surface area contributed by atoms with Crippen LogP contribution in [0.1, 0.15) is 20.8 Å². The fraction of sp³-hybridized carbons (Fsp3) is 0.692. The summed E-state index contributed by atoms with van der Waals surface area (Å²) in [6.45, 7) is 7.19. The molecule has 0 unspecified atom stereocenters. The van der Waals surface area contributed by atoms with E-state index >= 15 is 0 Å². The highest BCUT2D eigenvalue weighted by Gasteiger charge is 2.15. The third-order valence-electron chi connectivity index (χ3n) is 2.03. The first-order chi connectivity index (χ1) is 8.74. The van der Waals surface area contributed by atoms with Gasteiger partial charge < -0.3 is 19.7 Å². The van der Waals surface area contributed by atoms with Gasteiger partial charge in [0.1, 0.15) is 5.60 Å². The van der Waals surface area contributed by atoms with Gasteiger partial charge in [0.25, 0.3) is 0 Å². The predicted molar refractivity (Wildman–Crippen MR) is 72.9 cm³/mol.